The lowest BCUT2D eigenvalue weighted by Gasteiger charge is -2.17. The van der Waals surface area contributed by atoms with E-state index in [1.54, 1.807) is 6.07 Å². The highest BCUT2D eigenvalue weighted by Gasteiger charge is 2.45. The molecule has 25 heavy (non-hydrogen) atoms. The van der Waals surface area contributed by atoms with Crippen molar-refractivity contribution in [3.63, 3.8) is 0 Å². The largest absolute Gasteiger partial charge is 0.451 e. The van der Waals surface area contributed by atoms with Gasteiger partial charge in [0.2, 0.25) is 0 Å². The SMILES string of the molecule is CC(OC(=O)CN1C(=O)NC(C)(C)C1=O)C(=O)Nc1cccnc1Cl. The van der Waals surface area contributed by atoms with Crippen LogP contribution in [0.15, 0.2) is 18.3 Å². The smallest absolute Gasteiger partial charge is 0.327 e. The van der Waals surface area contributed by atoms with E-state index in [4.69, 9.17) is 16.3 Å². The zero-order chi connectivity index (χ0) is 18.8. The topological polar surface area (TPSA) is 118 Å². The van der Waals surface area contributed by atoms with Crippen LogP contribution >= 0.6 is 11.6 Å². The van der Waals surface area contributed by atoms with Crippen molar-refractivity contribution in [3.05, 3.63) is 23.5 Å². The maximum Gasteiger partial charge on any atom is 0.327 e. The number of amides is 4. The van der Waals surface area contributed by atoms with E-state index in [0.29, 0.717) is 0 Å². The van der Waals surface area contributed by atoms with Crippen LogP contribution in [0.3, 0.4) is 0 Å². The number of hydrogen-bond donors (Lipinski definition) is 2. The number of aromatic nitrogens is 1. The van der Waals surface area contributed by atoms with Gasteiger partial charge in [-0.05, 0) is 32.9 Å². The van der Waals surface area contributed by atoms with Crippen molar-refractivity contribution < 1.29 is 23.9 Å². The molecule has 1 saturated heterocycles. The van der Waals surface area contributed by atoms with Gasteiger partial charge in [-0.1, -0.05) is 11.6 Å². The van der Waals surface area contributed by atoms with Crippen molar-refractivity contribution in [3.8, 4) is 0 Å². The van der Waals surface area contributed by atoms with E-state index in [1.165, 1.54) is 33.0 Å². The summed E-state index contributed by atoms with van der Waals surface area (Å²) >= 11 is 5.83. The highest BCUT2D eigenvalue weighted by Crippen LogP contribution is 2.18. The molecule has 9 nitrogen and oxygen atoms in total. The molecule has 2 heterocycles. The third kappa shape index (κ3) is 4.24. The van der Waals surface area contributed by atoms with Gasteiger partial charge in [-0.3, -0.25) is 19.3 Å². The Bertz CT molecular complexity index is 736. The van der Waals surface area contributed by atoms with Gasteiger partial charge in [0.15, 0.2) is 11.3 Å². The number of esters is 1. The number of hydrogen-bond acceptors (Lipinski definition) is 6. The molecule has 2 N–H and O–H groups in total. The number of halogens is 1. The summed E-state index contributed by atoms with van der Waals surface area (Å²) in [6.45, 7) is 3.81. The Hall–Kier alpha value is -2.68. The molecule has 1 aromatic rings. The van der Waals surface area contributed by atoms with Gasteiger partial charge in [0.25, 0.3) is 11.8 Å². The molecule has 2 rings (SSSR count). The van der Waals surface area contributed by atoms with Crippen LogP contribution < -0.4 is 10.6 Å². The second-order valence-electron chi connectivity index (χ2n) is 5.91. The highest BCUT2D eigenvalue weighted by molar-refractivity contribution is 6.32. The summed E-state index contributed by atoms with van der Waals surface area (Å²) in [6, 6.07) is 2.43. The zero-order valence-electron chi connectivity index (χ0n) is 13.8. The summed E-state index contributed by atoms with van der Waals surface area (Å²) in [4.78, 5) is 52.2. The minimum atomic E-state index is -1.16. The maximum absolute atomic E-state index is 12.0. The van der Waals surface area contributed by atoms with Crippen LogP contribution in [-0.2, 0) is 19.1 Å². The number of rotatable bonds is 5. The second kappa shape index (κ2) is 7.06. The summed E-state index contributed by atoms with van der Waals surface area (Å²) in [6.07, 6.45) is 0.304. The van der Waals surface area contributed by atoms with Crippen LogP contribution in [0.4, 0.5) is 10.5 Å². The first kappa shape index (κ1) is 18.7. The van der Waals surface area contributed by atoms with E-state index < -0.39 is 42.0 Å². The third-order valence-corrected chi connectivity index (χ3v) is 3.73. The first-order valence-corrected chi connectivity index (χ1v) is 7.74. The number of ether oxygens (including phenoxy) is 1. The van der Waals surface area contributed by atoms with E-state index in [9.17, 15) is 19.2 Å². The quantitative estimate of drug-likeness (QED) is 0.453. The Morgan fingerprint density at radius 2 is 2.12 bits per heavy atom. The van der Waals surface area contributed by atoms with Gasteiger partial charge in [-0.15, -0.1) is 0 Å². The molecule has 0 radical (unpaired) electrons. The van der Waals surface area contributed by atoms with Crippen LogP contribution in [0.25, 0.3) is 0 Å². The number of nitrogens with one attached hydrogen (secondary N) is 2. The van der Waals surface area contributed by atoms with E-state index in [2.05, 4.69) is 15.6 Å². The van der Waals surface area contributed by atoms with E-state index in [1.807, 2.05) is 0 Å². The normalized spacial score (nSPS) is 17.0. The molecule has 0 bridgehead atoms. The van der Waals surface area contributed by atoms with E-state index in [-0.39, 0.29) is 10.8 Å². The number of urea groups is 1. The summed E-state index contributed by atoms with van der Waals surface area (Å²) in [5.41, 5.74) is -0.815. The van der Waals surface area contributed by atoms with Gasteiger partial charge in [0.05, 0.1) is 5.69 Å². The Kier molecular flexibility index (Phi) is 5.27. The minimum absolute atomic E-state index is 0.0935. The lowest BCUT2D eigenvalue weighted by molar-refractivity contribution is -0.155. The lowest BCUT2D eigenvalue weighted by Crippen LogP contribution is -2.42. The molecule has 134 valence electrons. The predicted octanol–water partition coefficient (Wildman–Crippen LogP) is 0.936. The molecule has 0 aliphatic carbocycles. The molecular formula is C15H17ClN4O5. The van der Waals surface area contributed by atoms with E-state index in [0.717, 1.165) is 4.90 Å². The maximum atomic E-state index is 12.0. The van der Waals surface area contributed by atoms with Gasteiger partial charge in [0.1, 0.15) is 12.1 Å². The summed E-state index contributed by atoms with van der Waals surface area (Å²) in [5, 5.41) is 5.00. The fourth-order valence-corrected chi connectivity index (χ4v) is 2.26. The van der Waals surface area contributed by atoms with Gasteiger partial charge < -0.3 is 15.4 Å². The number of anilines is 1. The Morgan fingerprint density at radius 3 is 2.68 bits per heavy atom. The zero-order valence-corrected chi connectivity index (χ0v) is 14.6. The van der Waals surface area contributed by atoms with Crippen LogP contribution in [0.2, 0.25) is 5.15 Å². The van der Waals surface area contributed by atoms with Gasteiger partial charge in [0, 0.05) is 6.20 Å². The molecule has 1 aliphatic rings. The van der Waals surface area contributed by atoms with Crippen LogP contribution in [0.5, 0.6) is 0 Å². The Labute approximate surface area is 148 Å². The van der Waals surface area contributed by atoms with Crippen molar-refractivity contribution in [2.75, 3.05) is 11.9 Å². The Morgan fingerprint density at radius 1 is 1.44 bits per heavy atom. The standard InChI is InChI=1S/C15H17ClN4O5/c1-8(12(22)18-9-5-4-6-17-11(9)16)25-10(21)7-20-13(23)15(2,3)19-14(20)24/h4-6,8H,7H2,1-3H3,(H,18,22)(H,19,24). The molecular weight excluding hydrogens is 352 g/mol. The lowest BCUT2D eigenvalue weighted by atomic mass is 10.1. The van der Waals surface area contributed by atoms with Crippen LogP contribution in [0, 0.1) is 0 Å². The molecule has 1 atom stereocenters. The monoisotopic (exact) mass is 368 g/mol. The minimum Gasteiger partial charge on any atom is -0.451 e. The first-order chi connectivity index (χ1) is 11.6. The highest BCUT2D eigenvalue weighted by atomic mass is 35.5. The van der Waals surface area contributed by atoms with E-state index >= 15 is 0 Å². The van der Waals surface area contributed by atoms with Gasteiger partial charge in [-0.2, -0.15) is 0 Å². The van der Waals surface area contributed by atoms with Crippen molar-refractivity contribution in [2.45, 2.75) is 32.4 Å². The van der Waals surface area contributed by atoms with Crippen molar-refractivity contribution in [1.29, 1.82) is 0 Å². The fourth-order valence-electron chi connectivity index (χ4n) is 2.09. The van der Waals surface area contributed by atoms with Crippen LogP contribution in [-0.4, -0.2) is 51.9 Å². The number of pyridine rings is 1. The average Bonchev–Trinajstić information content (AvgIpc) is 2.71. The van der Waals surface area contributed by atoms with Crippen molar-refractivity contribution in [2.24, 2.45) is 0 Å². The molecule has 1 unspecified atom stereocenters. The third-order valence-electron chi connectivity index (χ3n) is 3.43. The van der Waals surface area contributed by atoms with Gasteiger partial charge in [-0.25, -0.2) is 9.78 Å². The fraction of sp³-hybridized carbons (Fsp3) is 0.400. The average molecular weight is 369 g/mol. The number of nitrogens with zero attached hydrogens (tertiary/aromatic N) is 2. The number of carbonyl (C=O) groups is 4. The summed E-state index contributed by atoms with van der Waals surface area (Å²) in [5.74, 6) is -2.06. The molecule has 1 aliphatic heterocycles. The molecule has 0 saturated carbocycles. The molecule has 0 aromatic carbocycles. The number of carbonyl (C=O) groups excluding carboxylic acids is 4. The molecule has 1 fully saturated rings. The van der Waals surface area contributed by atoms with Crippen molar-refractivity contribution in [1.82, 2.24) is 15.2 Å². The number of imide groups is 1. The summed E-state index contributed by atoms with van der Waals surface area (Å²) < 4.78 is 4.96. The molecule has 0 spiro atoms. The van der Waals surface area contributed by atoms with Gasteiger partial charge >= 0.3 is 12.0 Å². The predicted molar refractivity (Wildman–Crippen MR) is 87.8 cm³/mol. The summed E-state index contributed by atoms with van der Waals surface area (Å²) in [7, 11) is 0. The second-order valence-corrected chi connectivity index (χ2v) is 6.27. The van der Waals surface area contributed by atoms with Crippen molar-refractivity contribution >= 4 is 41.1 Å². The molecule has 4 amide bonds. The Balaban J connectivity index is 1.92. The molecule has 1 aromatic heterocycles. The van der Waals surface area contributed by atoms with Crippen LogP contribution in [0.1, 0.15) is 20.8 Å². The molecule has 10 heteroatoms. The first-order valence-electron chi connectivity index (χ1n) is 7.37.